The minimum absolute atomic E-state index is 0.477. The molecule has 1 aromatic carbocycles. The van der Waals surface area contributed by atoms with Crippen LogP contribution in [0.4, 0.5) is 5.69 Å². The first-order valence-electron chi connectivity index (χ1n) is 9.60. The van der Waals surface area contributed by atoms with Crippen LogP contribution >= 0.6 is 12.2 Å². The number of hydrogen-bond donors (Lipinski definition) is 2. The Kier molecular flexibility index (Phi) is 6.31. The third-order valence-electron chi connectivity index (χ3n) is 5.68. The number of piperidine rings is 1. The quantitative estimate of drug-likeness (QED) is 0.803. The third kappa shape index (κ3) is 4.93. The molecule has 0 radical (unpaired) electrons. The summed E-state index contributed by atoms with van der Waals surface area (Å²) in [6.45, 7) is 8.45. The number of thiocarbonyl (C=S) groups is 1. The molecule has 3 rings (SSSR count). The zero-order valence-electron chi connectivity index (χ0n) is 15.8. The SMILES string of the molecule is Cc1ccc(NC(=S)N2CCC([NH+](C)CC3CCCO3)CC2)c(C)c1. The van der Waals surface area contributed by atoms with Crippen LogP contribution in [0.25, 0.3) is 0 Å². The van der Waals surface area contributed by atoms with Gasteiger partial charge in [-0.3, -0.25) is 0 Å². The van der Waals surface area contributed by atoms with Gasteiger partial charge in [0.05, 0.1) is 13.1 Å². The van der Waals surface area contributed by atoms with E-state index in [0.29, 0.717) is 6.10 Å². The fourth-order valence-electron chi connectivity index (χ4n) is 4.05. The lowest BCUT2D eigenvalue weighted by atomic mass is 10.0. The fourth-order valence-corrected chi connectivity index (χ4v) is 4.35. The molecule has 0 bridgehead atoms. The molecule has 0 spiro atoms. The maximum atomic E-state index is 5.80. The Hall–Kier alpha value is -1.17. The largest absolute Gasteiger partial charge is 0.372 e. The van der Waals surface area contributed by atoms with Crippen molar-refractivity contribution in [2.45, 2.75) is 51.7 Å². The number of aryl methyl sites for hydroxylation is 2. The first-order valence-corrected chi connectivity index (χ1v) is 10.0. The van der Waals surface area contributed by atoms with Crippen molar-refractivity contribution in [3.8, 4) is 0 Å². The molecule has 2 heterocycles. The van der Waals surface area contributed by atoms with E-state index < -0.39 is 0 Å². The number of nitrogens with one attached hydrogen (secondary N) is 2. The van der Waals surface area contributed by atoms with Crippen LogP contribution in [-0.4, -0.2) is 55.4 Å². The van der Waals surface area contributed by atoms with Gasteiger partial charge in [-0.25, -0.2) is 0 Å². The van der Waals surface area contributed by atoms with Gasteiger partial charge in [0.2, 0.25) is 0 Å². The highest BCUT2D eigenvalue weighted by Crippen LogP contribution is 2.18. The Morgan fingerprint density at radius 1 is 1.28 bits per heavy atom. The summed E-state index contributed by atoms with van der Waals surface area (Å²) in [5, 5.41) is 4.30. The number of likely N-dealkylation sites (N-methyl/N-ethyl adjacent to an activating group) is 1. The van der Waals surface area contributed by atoms with E-state index in [4.69, 9.17) is 17.0 Å². The third-order valence-corrected chi connectivity index (χ3v) is 6.04. The van der Waals surface area contributed by atoms with Gasteiger partial charge in [-0.1, -0.05) is 17.7 Å². The molecule has 0 aliphatic carbocycles. The smallest absolute Gasteiger partial charge is 0.173 e. The minimum atomic E-state index is 0.477. The number of anilines is 1. The van der Waals surface area contributed by atoms with Crippen molar-refractivity contribution in [3.63, 3.8) is 0 Å². The van der Waals surface area contributed by atoms with Gasteiger partial charge in [0.15, 0.2) is 5.11 Å². The Morgan fingerprint density at radius 2 is 2.04 bits per heavy atom. The lowest BCUT2D eigenvalue weighted by Gasteiger charge is -2.36. The number of nitrogens with zero attached hydrogens (tertiary/aromatic N) is 1. The van der Waals surface area contributed by atoms with Crippen molar-refractivity contribution in [2.75, 3.05) is 38.6 Å². The first kappa shape index (κ1) is 18.6. The van der Waals surface area contributed by atoms with Gasteiger partial charge < -0.3 is 19.9 Å². The summed E-state index contributed by atoms with van der Waals surface area (Å²) < 4.78 is 5.80. The highest BCUT2D eigenvalue weighted by Gasteiger charge is 2.29. The summed E-state index contributed by atoms with van der Waals surface area (Å²) >= 11 is 5.66. The van der Waals surface area contributed by atoms with Gasteiger partial charge in [0.1, 0.15) is 12.6 Å². The molecule has 138 valence electrons. The fraction of sp³-hybridized carbons (Fsp3) is 0.650. The molecule has 0 amide bonds. The van der Waals surface area contributed by atoms with E-state index in [2.05, 4.69) is 49.3 Å². The molecule has 0 aromatic heterocycles. The van der Waals surface area contributed by atoms with Crippen LogP contribution in [-0.2, 0) is 4.74 Å². The molecule has 1 aromatic rings. The molecule has 2 aliphatic heterocycles. The summed E-state index contributed by atoms with van der Waals surface area (Å²) in [6, 6.07) is 7.18. The number of hydrogen-bond acceptors (Lipinski definition) is 2. The number of ether oxygens (including phenoxy) is 1. The Morgan fingerprint density at radius 3 is 2.68 bits per heavy atom. The molecular weight excluding hydrogens is 330 g/mol. The summed E-state index contributed by atoms with van der Waals surface area (Å²) in [7, 11) is 2.33. The standard InChI is InChI=1S/C20H31N3OS/c1-15-6-7-19(16(2)13-15)21-20(25)23-10-8-17(9-11-23)22(3)14-18-5-4-12-24-18/h6-7,13,17-18H,4-5,8-12,14H2,1-3H3,(H,21,25)/p+1. The molecule has 2 atom stereocenters. The van der Waals surface area contributed by atoms with Crippen LogP contribution in [0.1, 0.15) is 36.8 Å². The van der Waals surface area contributed by atoms with Gasteiger partial charge in [-0.05, 0) is 50.5 Å². The van der Waals surface area contributed by atoms with Gasteiger partial charge >= 0.3 is 0 Å². The molecule has 0 saturated carbocycles. The predicted molar refractivity (Wildman–Crippen MR) is 107 cm³/mol. The maximum Gasteiger partial charge on any atom is 0.173 e. The van der Waals surface area contributed by atoms with E-state index in [0.717, 1.165) is 43.1 Å². The van der Waals surface area contributed by atoms with E-state index in [1.807, 2.05) is 0 Å². The Bertz CT molecular complexity index is 593. The van der Waals surface area contributed by atoms with Gasteiger partial charge in [0.25, 0.3) is 0 Å². The van der Waals surface area contributed by atoms with Gasteiger partial charge in [-0.15, -0.1) is 0 Å². The maximum absolute atomic E-state index is 5.80. The van der Waals surface area contributed by atoms with E-state index in [1.165, 1.54) is 36.8 Å². The Balaban J connectivity index is 1.47. The summed E-state index contributed by atoms with van der Waals surface area (Å²) in [5.74, 6) is 0. The summed E-state index contributed by atoms with van der Waals surface area (Å²) in [5.41, 5.74) is 3.66. The highest BCUT2D eigenvalue weighted by atomic mass is 32.1. The molecule has 2 N–H and O–H groups in total. The van der Waals surface area contributed by atoms with Crippen molar-refractivity contribution in [1.82, 2.24) is 4.90 Å². The van der Waals surface area contributed by atoms with Crippen LogP contribution in [0.15, 0.2) is 18.2 Å². The molecule has 2 aliphatic rings. The van der Waals surface area contributed by atoms with Crippen molar-refractivity contribution in [1.29, 1.82) is 0 Å². The molecule has 25 heavy (non-hydrogen) atoms. The average Bonchev–Trinajstić information content (AvgIpc) is 3.10. The normalized spacial score (nSPS) is 22.8. The molecule has 2 fully saturated rings. The molecular formula is C20H32N3OS+. The van der Waals surface area contributed by atoms with Gasteiger partial charge in [-0.2, -0.15) is 0 Å². The minimum Gasteiger partial charge on any atom is -0.372 e. The molecule has 2 saturated heterocycles. The van der Waals surface area contributed by atoms with E-state index in [9.17, 15) is 0 Å². The monoisotopic (exact) mass is 362 g/mol. The molecule has 2 unspecified atom stereocenters. The number of quaternary nitrogens is 1. The van der Waals surface area contributed by atoms with Crippen molar-refractivity contribution < 1.29 is 9.64 Å². The average molecular weight is 363 g/mol. The summed E-state index contributed by atoms with van der Waals surface area (Å²) in [4.78, 5) is 3.95. The van der Waals surface area contributed by atoms with Crippen molar-refractivity contribution in [3.05, 3.63) is 29.3 Å². The van der Waals surface area contributed by atoms with Crippen molar-refractivity contribution in [2.24, 2.45) is 0 Å². The van der Waals surface area contributed by atoms with Crippen LogP contribution in [0.5, 0.6) is 0 Å². The van der Waals surface area contributed by atoms with Crippen LogP contribution in [0.2, 0.25) is 0 Å². The summed E-state index contributed by atoms with van der Waals surface area (Å²) in [6.07, 6.45) is 5.35. The van der Waals surface area contributed by atoms with E-state index in [-0.39, 0.29) is 0 Å². The van der Waals surface area contributed by atoms with Crippen LogP contribution < -0.4 is 10.2 Å². The van der Waals surface area contributed by atoms with Crippen LogP contribution in [0, 0.1) is 13.8 Å². The lowest BCUT2D eigenvalue weighted by Crippen LogP contribution is -3.14. The lowest BCUT2D eigenvalue weighted by molar-refractivity contribution is -0.910. The zero-order valence-corrected chi connectivity index (χ0v) is 16.6. The van der Waals surface area contributed by atoms with Gasteiger partial charge in [0, 0.05) is 38.2 Å². The second kappa shape index (κ2) is 8.47. The molecule has 4 nitrogen and oxygen atoms in total. The van der Waals surface area contributed by atoms with E-state index >= 15 is 0 Å². The van der Waals surface area contributed by atoms with E-state index in [1.54, 1.807) is 4.90 Å². The Labute approximate surface area is 157 Å². The number of rotatable bonds is 4. The topological polar surface area (TPSA) is 28.9 Å². The van der Waals surface area contributed by atoms with Crippen LogP contribution in [0.3, 0.4) is 0 Å². The highest BCUT2D eigenvalue weighted by molar-refractivity contribution is 7.80. The van der Waals surface area contributed by atoms with Crippen molar-refractivity contribution >= 4 is 23.0 Å². The second-order valence-corrected chi connectivity index (χ2v) is 8.08. The molecule has 5 heteroatoms. The first-order chi connectivity index (χ1) is 12.0. The number of likely N-dealkylation sites (tertiary alicyclic amines) is 1. The second-order valence-electron chi connectivity index (χ2n) is 7.70. The predicted octanol–water partition coefficient (Wildman–Crippen LogP) is 2.16. The zero-order chi connectivity index (χ0) is 17.8. The number of benzene rings is 1.